The lowest BCUT2D eigenvalue weighted by molar-refractivity contribution is 0.288. The van der Waals surface area contributed by atoms with Gasteiger partial charge in [-0.15, -0.1) is 0 Å². The van der Waals surface area contributed by atoms with Crippen molar-refractivity contribution in [2.75, 3.05) is 7.11 Å². The van der Waals surface area contributed by atoms with Gasteiger partial charge in [0.25, 0.3) is 0 Å². The fourth-order valence-corrected chi connectivity index (χ4v) is 4.19. The molecule has 182 valence electrons. The third-order valence-electron chi connectivity index (χ3n) is 6.16. The monoisotopic (exact) mass is 482 g/mol. The second-order valence-electron chi connectivity index (χ2n) is 8.84. The van der Waals surface area contributed by atoms with Crippen molar-refractivity contribution in [3.05, 3.63) is 60.4 Å². The number of methoxy groups -OCH3 is 1. The molecule has 1 aliphatic rings. The van der Waals surface area contributed by atoms with Crippen LogP contribution in [0.4, 0.5) is 0 Å². The van der Waals surface area contributed by atoms with E-state index in [-0.39, 0.29) is 6.10 Å². The van der Waals surface area contributed by atoms with Crippen LogP contribution in [-0.4, -0.2) is 52.5 Å². The molecule has 1 aliphatic carbocycles. The molecule has 0 saturated heterocycles. The minimum atomic E-state index is 0.167. The molecule has 0 aliphatic heterocycles. The molecular weight excluding hydrogens is 456 g/mol. The van der Waals surface area contributed by atoms with Crippen LogP contribution in [0.15, 0.2) is 49.2 Å². The zero-order valence-corrected chi connectivity index (χ0v) is 20.4. The molecule has 10 heteroatoms. The molecule has 0 spiro atoms. The molecular formula is C26H26N8O2. The Kier molecular flexibility index (Phi) is 5.55. The smallest absolute Gasteiger partial charge is 0.232 e. The summed E-state index contributed by atoms with van der Waals surface area (Å²) in [6.07, 6.45) is 9.22. The van der Waals surface area contributed by atoms with E-state index in [1.165, 1.54) is 6.33 Å². The number of ether oxygens (including phenoxy) is 2. The van der Waals surface area contributed by atoms with Gasteiger partial charge in [-0.1, -0.05) is 24.3 Å². The second-order valence-corrected chi connectivity index (χ2v) is 8.84. The summed E-state index contributed by atoms with van der Waals surface area (Å²) in [6, 6.07) is 8.40. The van der Waals surface area contributed by atoms with Crippen LogP contribution in [0.3, 0.4) is 0 Å². The lowest BCUT2D eigenvalue weighted by Gasteiger charge is -2.12. The quantitative estimate of drug-likeness (QED) is 0.326. The maximum Gasteiger partial charge on any atom is 0.232 e. The van der Waals surface area contributed by atoms with E-state index in [0.717, 1.165) is 47.4 Å². The molecule has 10 nitrogen and oxygen atoms in total. The first-order chi connectivity index (χ1) is 17.6. The first-order valence-corrected chi connectivity index (χ1v) is 12.0. The van der Waals surface area contributed by atoms with Gasteiger partial charge in [0.2, 0.25) is 11.8 Å². The van der Waals surface area contributed by atoms with Crippen molar-refractivity contribution in [3.8, 4) is 34.5 Å². The molecule has 5 aromatic rings. The highest BCUT2D eigenvalue weighted by atomic mass is 16.5. The van der Waals surface area contributed by atoms with Gasteiger partial charge in [-0.25, -0.2) is 29.6 Å². The van der Waals surface area contributed by atoms with E-state index in [2.05, 4.69) is 67.0 Å². The lowest BCUT2D eigenvalue weighted by Crippen LogP contribution is -2.06. The van der Waals surface area contributed by atoms with Crippen molar-refractivity contribution >= 4 is 11.0 Å². The predicted molar refractivity (Wildman–Crippen MR) is 134 cm³/mol. The Labute approximate surface area is 208 Å². The van der Waals surface area contributed by atoms with Crippen LogP contribution in [0.2, 0.25) is 0 Å². The number of benzene rings is 1. The third-order valence-corrected chi connectivity index (χ3v) is 6.16. The summed E-state index contributed by atoms with van der Waals surface area (Å²) in [5.74, 6) is 2.23. The normalized spacial score (nSPS) is 13.3. The van der Waals surface area contributed by atoms with Gasteiger partial charge in [0.1, 0.15) is 23.8 Å². The number of rotatable bonds is 8. The third kappa shape index (κ3) is 4.15. The van der Waals surface area contributed by atoms with Gasteiger partial charge in [0, 0.05) is 24.5 Å². The molecule has 0 atom stereocenters. The molecule has 0 N–H and O–H groups in total. The average Bonchev–Trinajstić information content (AvgIpc) is 3.51. The van der Waals surface area contributed by atoms with Crippen molar-refractivity contribution < 1.29 is 9.47 Å². The van der Waals surface area contributed by atoms with Gasteiger partial charge >= 0.3 is 0 Å². The Balaban J connectivity index is 1.32. The van der Waals surface area contributed by atoms with Crippen LogP contribution in [0.1, 0.15) is 31.0 Å². The van der Waals surface area contributed by atoms with Crippen LogP contribution in [0.5, 0.6) is 11.8 Å². The standard InChI is InChI=1S/C26H26N8O2/c1-4-33-13-16(2)31-23(33)18-7-5-17(6-8-18)14-34-24-19(12-30-34)11-27-22(32-24)21-25(35-3)28-15-29-26(21)36-20-9-10-20/h5-8,11-13,15,20H,4,9-10,14H2,1-3H3. The van der Waals surface area contributed by atoms with Crippen molar-refractivity contribution in [2.45, 2.75) is 45.9 Å². The van der Waals surface area contributed by atoms with E-state index >= 15 is 0 Å². The SMILES string of the molecule is CCn1cc(C)nc1-c1ccc(Cn2ncc3cnc(-c4c(OC)ncnc4OC4CC4)nc32)cc1. The topological polar surface area (TPSA) is 106 Å². The molecule has 0 bridgehead atoms. The highest BCUT2D eigenvalue weighted by Gasteiger charge is 2.28. The van der Waals surface area contributed by atoms with E-state index < -0.39 is 0 Å². The van der Waals surface area contributed by atoms with Gasteiger partial charge in [0.05, 0.1) is 30.9 Å². The molecule has 0 radical (unpaired) electrons. The van der Waals surface area contributed by atoms with Gasteiger partial charge in [-0.2, -0.15) is 5.10 Å². The fraction of sp³-hybridized carbons (Fsp3) is 0.308. The Morgan fingerprint density at radius 3 is 2.56 bits per heavy atom. The summed E-state index contributed by atoms with van der Waals surface area (Å²) < 4.78 is 15.5. The van der Waals surface area contributed by atoms with Crippen molar-refractivity contribution in [1.29, 1.82) is 0 Å². The molecule has 0 amide bonds. The van der Waals surface area contributed by atoms with Gasteiger partial charge in [0.15, 0.2) is 11.5 Å². The zero-order valence-electron chi connectivity index (χ0n) is 20.4. The summed E-state index contributed by atoms with van der Waals surface area (Å²) in [5, 5.41) is 5.41. The largest absolute Gasteiger partial charge is 0.480 e. The summed E-state index contributed by atoms with van der Waals surface area (Å²) in [6.45, 7) is 5.58. The number of hydrogen-bond acceptors (Lipinski definition) is 8. The van der Waals surface area contributed by atoms with E-state index in [4.69, 9.17) is 14.5 Å². The maximum atomic E-state index is 6.00. The van der Waals surface area contributed by atoms with Crippen LogP contribution in [-0.2, 0) is 13.1 Å². The highest BCUT2D eigenvalue weighted by Crippen LogP contribution is 2.36. The number of hydrogen-bond donors (Lipinski definition) is 0. The number of fused-ring (bicyclic) bond motifs is 1. The van der Waals surface area contributed by atoms with Crippen LogP contribution in [0, 0.1) is 6.92 Å². The minimum Gasteiger partial charge on any atom is -0.480 e. The molecule has 0 unspecified atom stereocenters. The number of nitrogens with zero attached hydrogens (tertiary/aromatic N) is 8. The van der Waals surface area contributed by atoms with Crippen LogP contribution < -0.4 is 9.47 Å². The van der Waals surface area contributed by atoms with Crippen molar-refractivity contribution in [3.63, 3.8) is 0 Å². The lowest BCUT2D eigenvalue weighted by atomic mass is 10.1. The van der Waals surface area contributed by atoms with E-state index in [1.54, 1.807) is 19.5 Å². The molecule has 1 aromatic carbocycles. The molecule has 4 aromatic heterocycles. The first kappa shape index (κ1) is 22.1. The number of imidazole rings is 1. The Morgan fingerprint density at radius 2 is 1.81 bits per heavy atom. The highest BCUT2D eigenvalue weighted by molar-refractivity contribution is 5.78. The minimum absolute atomic E-state index is 0.167. The first-order valence-electron chi connectivity index (χ1n) is 12.0. The van der Waals surface area contributed by atoms with Crippen LogP contribution >= 0.6 is 0 Å². The average molecular weight is 483 g/mol. The second kappa shape index (κ2) is 9.03. The van der Waals surface area contributed by atoms with Crippen molar-refractivity contribution in [2.24, 2.45) is 0 Å². The summed E-state index contributed by atoms with van der Waals surface area (Å²) in [5.41, 5.74) is 4.47. The summed E-state index contributed by atoms with van der Waals surface area (Å²) in [7, 11) is 1.56. The molecule has 4 heterocycles. The van der Waals surface area contributed by atoms with E-state index in [1.807, 2.05) is 11.6 Å². The number of aryl methyl sites for hydroxylation is 2. The Hall–Kier alpha value is -4.34. The number of aromatic nitrogens is 8. The Bertz CT molecular complexity index is 1540. The molecule has 1 saturated carbocycles. The zero-order chi connectivity index (χ0) is 24.6. The fourth-order valence-electron chi connectivity index (χ4n) is 4.19. The maximum absolute atomic E-state index is 6.00. The van der Waals surface area contributed by atoms with Crippen LogP contribution in [0.25, 0.3) is 33.8 Å². The van der Waals surface area contributed by atoms with Crippen molar-refractivity contribution in [1.82, 2.24) is 39.3 Å². The van der Waals surface area contributed by atoms with E-state index in [0.29, 0.717) is 35.3 Å². The molecule has 6 rings (SSSR count). The van der Waals surface area contributed by atoms with Gasteiger partial charge in [-0.3, -0.25) is 0 Å². The summed E-state index contributed by atoms with van der Waals surface area (Å²) >= 11 is 0. The summed E-state index contributed by atoms with van der Waals surface area (Å²) in [4.78, 5) is 22.6. The predicted octanol–water partition coefficient (Wildman–Crippen LogP) is 4.07. The molecule has 36 heavy (non-hydrogen) atoms. The van der Waals surface area contributed by atoms with Gasteiger partial charge in [-0.05, 0) is 32.3 Å². The molecule has 1 fully saturated rings. The van der Waals surface area contributed by atoms with E-state index in [9.17, 15) is 0 Å². The Morgan fingerprint density at radius 1 is 1.00 bits per heavy atom. The van der Waals surface area contributed by atoms with Gasteiger partial charge < -0.3 is 14.0 Å².